The van der Waals surface area contributed by atoms with Gasteiger partial charge < -0.3 is 20.1 Å². The van der Waals surface area contributed by atoms with Gasteiger partial charge >= 0.3 is 6.03 Å². The number of carbonyl (C=O) groups is 1. The van der Waals surface area contributed by atoms with E-state index in [1.54, 1.807) is 12.0 Å². The van der Waals surface area contributed by atoms with Crippen LogP contribution in [0.4, 0.5) is 10.5 Å². The normalized spacial score (nSPS) is 15.2. The molecule has 1 aromatic carbocycles. The fraction of sp³-hybridized carbons (Fsp3) is 0.500. The summed E-state index contributed by atoms with van der Waals surface area (Å²) in [6, 6.07) is 7.18. The molecular weight excluding hydrogens is 294 g/mol. The van der Waals surface area contributed by atoms with Crippen molar-refractivity contribution in [2.75, 3.05) is 51.8 Å². The summed E-state index contributed by atoms with van der Waals surface area (Å²) in [4.78, 5) is 16.0. The van der Waals surface area contributed by atoms with Crippen molar-refractivity contribution < 1.29 is 14.6 Å². The van der Waals surface area contributed by atoms with Crippen LogP contribution in [0.5, 0.6) is 5.75 Å². The number of halogens is 1. The number of methoxy groups -OCH3 is 1. The number of anilines is 1. The molecule has 0 radical (unpaired) electrons. The number of amides is 2. The Morgan fingerprint density at radius 1 is 1.24 bits per heavy atom. The molecule has 2 amide bonds. The van der Waals surface area contributed by atoms with E-state index in [0.717, 1.165) is 24.5 Å². The monoisotopic (exact) mass is 315 g/mol. The maximum atomic E-state index is 12.1. The van der Waals surface area contributed by atoms with Crippen molar-refractivity contribution in [1.82, 2.24) is 9.80 Å². The van der Waals surface area contributed by atoms with E-state index in [2.05, 4.69) is 10.2 Å². The summed E-state index contributed by atoms with van der Waals surface area (Å²) in [5.41, 5.74) is 0.758. The summed E-state index contributed by atoms with van der Waals surface area (Å²) in [6.45, 7) is 3.81. The molecule has 1 fully saturated rings. The lowest BCUT2D eigenvalue weighted by atomic mass is 10.3. The van der Waals surface area contributed by atoms with E-state index in [1.807, 2.05) is 24.3 Å². The molecule has 0 unspecified atom stereocenters. The lowest BCUT2D eigenvalue weighted by Gasteiger charge is -2.34. The number of β-amino-alcohol motifs (C(OH)–C–C–N with tert-alkyl or cyclic N) is 1. The van der Waals surface area contributed by atoms with Gasteiger partial charge in [0.05, 0.1) is 13.7 Å². The first-order valence-corrected chi connectivity index (χ1v) is 6.76. The van der Waals surface area contributed by atoms with Crippen molar-refractivity contribution in [3.8, 4) is 5.75 Å². The molecule has 0 aromatic heterocycles. The summed E-state index contributed by atoms with van der Waals surface area (Å²) in [5.74, 6) is 0.764. The Morgan fingerprint density at radius 3 is 2.38 bits per heavy atom. The van der Waals surface area contributed by atoms with Crippen LogP contribution >= 0.6 is 12.4 Å². The number of ether oxygens (including phenoxy) is 1. The van der Waals surface area contributed by atoms with Gasteiger partial charge in [-0.2, -0.15) is 0 Å². The highest BCUT2D eigenvalue weighted by molar-refractivity contribution is 5.89. The smallest absolute Gasteiger partial charge is 0.321 e. The van der Waals surface area contributed by atoms with Gasteiger partial charge in [0.15, 0.2) is 0 Å². The SMILES string of the molecule is COc1ccc(NC(=O)N2CCN(CCO)CC2)cc1.Cl. The van der Waals surface area contributed by atoms with Crippen LogP contribution in [0.15, 0.2) is 24.3 Å². The van der Waals surface area contributed by atoms with E-state index in [-0.39, 0.29) is 25.0 Å². The van der Waals surface area contributed by atoms with Gasteiger partial charge in [0, 0.05) is 38.4 Å². The number of benzene rings is 1. The highest BCUT2D eigenvalue weighted by Crippen LogP contribution is 2.15. The van der Waals surface area contributed by atoms with E-state index in [0.29, 0.717) is 19.6 Å². The van der Waals surface area contributed by atoms with Gasteiger partial charge in [-0.15, -0.1) is 12.4 Å². The molecule has 6 nitrogen and oxygen atoms in total. The van der Waals surface area contributed by atoms with Crippen molar-refractivity contribution in [3.63, 3.8) is 0 Å². The molecule has 1 saturated heterocycles. The van der Waals surface area contributed by atoms with E-state index in [9.17, 15) is 4.79 Å². The number of piperazine rings is 1. The van der Waals surface area contributed by atoms with Gasteiger partial charge in [0.2, 0.25) is 0 Å². The minimum Gasteiger partial charge on any atom is -0.497 e. The predicted molar refractivity (Wildman–Crippen MR) is 84.4 cm³/mol. The zero-order chi connectivity index (χ0) is 14.4. The van der Waals surface area contributed by atoms with Gasteiger partial charge in [-0.1, -0.05) is 0 Å². The van der Waals surface area contributed by atoms with Crippen LogP contribution in [0.25, 0.3) is 0 Å². The minimum atomic E-state index is -0.0844. The van der Waals surface area contributed by atoms with E-state index in [4.69, 9.17) is 9.84 Å². The summed E-state index contributed by atoms with van der Waals surface area (Å²) in [5, 5.41) is 11.8. The fourth-order valence-corrected chi connectivity index (χ4v) is 2.19. The molecule has 2 N–H and O–H groups in total. The van der Waals surface area contributed by atoms with Gasteiger partial charge in [-0.3, -0.25) is 4.90 Å². The highest BCUT2D eigenvalue weighted by Gasteiger charge is 2.20. The summed E-state index contributed by atoms with van der Waals surface area (Å²) < 4.78 is 5.08. The van der Waals surface area contributed by atoms with Crippen molar-refractivity contribution in [1.29, 1.82) is 0 Å². The third-order valence-corrected chi connectivity index (χ3v) is 3.42. The number of hydrogen-bond donors (Lipinski definition) is 2. The summed E-state index contributed by atoms with van der Waals surface area (Å²) in [7, 11) is 1.61. The molecule has 1 aromatic rings. The Kier molecular flexibility index (Phi) is 7.28. The number of hydrogen-bond acceptors (Lipinski definition) is 4. The van der Waals surface area contributed by atoms with Crippen LogP contribution in [-0.2, 0) is 0 Å². The molecule has 0 spiro atoms. The average molecular weight is 316 g/mol. The second-order valence-corrected chi connectivity index (χ2v) is 4.71. The lowest BCUT2D eigenvalue weighted by Crippen LogP contribution is -2.50. The quantitative estimate of drug-likeness (QED) is 0.878. The Balaban J connectivity index is 0.00000220. The number of carbonyl (C=O) groups excluding carboxylic acids is 1. The minimum absolute atomic E-state index is 0. The van der Waals surface area contributed by atoms with Crippen molar-refractivity contribution in [3.05, 3.63) is 24.3 Å². The molecule has 7 heteroatoms. The van der Waals surface area contributed by atoms with E-state index in [1.165, 1.54) is 0 Å². The summed E-state index contributed by atoms with van der Waals surface area (Å²) in [6.07, 6.45) is 0. The molecule has 0 aliphatic carbocycles. The lowest BCUT2D eigenvalue weighted by molar-refractivity contribution is 0.127. The van der Waals surface area contributed by atoms with Crippen LogP contribution in [0.2, 0.25) is 0 Å². The second-order valence-electron chi connectivity index (χ2n) is 4.71. The molecule has 1 heterocycles. The maximum Gasteiger partial charge on any atom is 0.321 e. The Morgan fingerprint density at radius 2 is 1.86 bits per heavy atom. The predicted octanol–water partition coefficient (Wildman–Crippen LogP) is 1.26. The molecule has 2 rings (SSSR count). The van der Waals surface area contributed by atoms with E-state index >= 15 is 0 Å². The van der Waals surface area contributed by atoms with Gasteiger partial charge in [-0.05, 0) is 24.3 Å². The summed E-state index contributed by atoms with van der Waals surface area (Å²) >= 11 is 0. The van der Waals surface area contributed by atoms with Crippen molar-refractivity contribution >= 4 is 24.1 Å². The maximum absolute atomic E-state index is 12.1. The second kappa shape index (κ2) is 8.71. The van der Waals surface area contributed by atoms with Crippen LogP contribution in [0, 0.1) is 0 Å². The van der Waals surface area contributed by atoms with Crippen LogP contribution in [0.1, 0.15) is 0 Å². The fourth-order valence-electron chi connectivity index (χ4n) is 2.19. The third-order valence-electron chi connectivity index (χ3n) is 3.42. The molecule has 0 atom stereocenters. The third kappa shape index (κ3) is 5.08. The van der Waals surface area contributed by atoms with Gasteiger partial charge in [0.25, 0.3) is 0 Å². The largest absolute Gasteiger partial charge is 0.497 e. The number of nitrogens with zero attached hydrogens (tertiary/aromatic N) is 2. The van der Waals surface area contributed by atoms with E-state index < -0.39 is 0 Å². The van der Waals surface area contributed by atoms with Gasteiger partial charge in [-0.25, -0.2) is 4.79 Å². The first-order chi connectivity index (χ1) is 9.72. The van der Waals surface area contributed by atoms with Crippen LogP contribution in [0.3, 0.4) is 0 Å². The molecule has 1 aliphatic heterocycles. The number of aliphatic hydroxyl groups excluding tert-OH is 1. The topological polar surface area (TPSA) is 65.0 Å². The van der Waals surface area contributed by atoms with Crippen molar-refractivity contribution in [2.45, 2.75) is 0 Å². The standard InChI is InChI=1S/C14H21N3O3.ClH/c1-20-13-4-2-12(3-5-13)15-14(19)17-8-6-16(7-9-17)10-11-18;/h2-5,18H,6-11H2,1H3,(H,15,19);1H. The van der Waals surface area contributed by atoms with Crippen LogP contribution in [-0.4, -0.2) is 67.4 Å². The van der Waals surface area contributed by atoms with Crippen molar-refractivity contribution in [2.24, 2.45) is 0 Å². The Hall–Kier alpha value is -1.50. The first kappa shape index (κ1) is 17.6. The number of rotatable bonds is 4. The average Bonchev–Trinajstić information content (AvgIpc) is 2.49. The Bertz CT molecular complexity index is 434. The molecular formula is C14H22ClN3O3. The molecule has 0 bridgehead atoms. The molecule has 0 saturated carbocycles. The zero-order valence-corrected chi connectivity index (χ0v) is 12.9. The Labute approximate surface area is 131 Å². The molecule has 118 valence electrons. The van der Waals surface area contributed by atoms with Crippen LogP contribution < -0.4 is 10.1 Å². The molecule has 1 aliphatic rings. The number of aliphatic hydroxyl groups is 1. The van der Waals surface area contributed by atoms with Gasteiger partial charge in [0.1, 0.15) is 5.75 Å². The highest BCUT2D eigenvalue weighted by atomic mass is 35.5. The molecule has 21 heavy (non-hydrogen) atoms. The first-order valence-electron chi connectivity index (χ1n) is 6.76. The number of urea groups is 1. The zero-order valence-electron chi connectivity index (χ0n) is 12.1. The number of nitrogens with one attached hydrogen (secondary N) is 1.